The van der Waals surface area contributed by atoms with E-state index in [4.69, 9.17) is 10.5 Å². The second-order valence-corrected chi connectivity index (χ2v) is 5.98. The van der Waals surface area contributed by atoms with Crippen LogP contribution in [0.25, 0.3) is 0 Å². The van der Waals surface area contributed by atoms with Crippen LogP contribution < -0.4 is 10.5 Å². The van der Waals surface area contributed by atoms with Crippen molar-refractivity contribution in [1.29, 1.82) is 0 Å². The number of benzene rings is 1. The molecule has 0 bridgehead atoms. The molecule has 1 aromatic rings. The van der Waals surface area contributed by atoms with Gasteiger partial charge in [0.05, 0.1) is 4.92 Å². The fourth-order valence-electron chi connectivity index (χ4n) is 3.47. The molecule has 1 amide bonds. The smallest absolute Gasteiger partial charge is 0.310 e. The highest BCUT2D eigenvalue weighted by molar-refractivity contribution is 5.78. The van der Waals surface area contributed by atoms with Crippen LogP contribution in [0.3, 0.4) is 0 Å². The Hall–Kier alpha value is -2.15. The molecule has 1 aromatic carbocycles. The number of hydrogen-bond donors (Lipinski definition) is 1. The number of nitro groups is 1. The standard InChI is InChI=1S/C15H19N3O4/c16-12-6-5-10-7-17(8-11(10)12)15(19)9-22-14-4-2-1-3-13(14)18(20)21/h1-4,10-12H,5-9,16H2. The summed E-state index contributed by atoms with van der Waals surface area (Å²) in [5.41, 5.74) is 5.93. The first-order chi connectivity index (χ1) is 10.6. The molecular weight excluding hydrogens is 286 g/mol. The molecule has 0 radical (unpaired) electrons. The first kappa shape index (κ1) is 14.8. The molecule has 0 spiro atoms. The number of carbonyl (C=O) groups is 1. The van der Waals surface area contributed by atoms with Gasteiger partial charge in [-0.25, -0.2) is 0 Å². The van der Waals surface area contributed by atoms with Crippen molar-refractivity contribution in [2.75, 3.05) is 19.7 Å². The van der Waals surface area contributed by atoms with Gasteiger partial charge in [0.15, 0.2) is 12.4 Å². The lowest BCUT2D eigenvalue weighted by molar-refractivity contribution is -0.385. The summed E-state index contributed by atoms with van der Waals surface area (Å²) in [5, 5.41) is 10.9. The Labute approximate surface area is 128 Å². The van der Waals surface area contributed by atoms with E-state index >= 15 is 0 Å². The minimum absolute atomic E-state index is 0.122. The number of nitrogens with two attached hydrogens (primary N) is 1. The molecule has 7 heteroatoms. The molecule has 3 atom stereocenters. The van der Waals surface area contributed by atoms with Crippen LogP contribution in [-0.4, -0.2) is 41.5 Å². The van der Waals surface area contributed by atoms with Crippen LogP contribution in [0.2, 0.25) is 0 Å². The Morgan fingerprint density at radius 2 is 2.14 bits per heavy atom. The number of nitrogens with zero attached hydrogens (tertiary/aromatic N) is 2. The predicted molar refractivity (Wildman–Crippen MR) is 79.4 cm³/mol. The lowest BCUT2D eigenvalue weighted by atomic mass is 9.98. The van der Waals surface area contributed by atoms with Gasteiger partial charge in [0, 0.05) is 25.2 Å². The van der Waals surface area contributed by atoms with E-state index in [1.54, 1.807) is 17.0 Å². The maximum absolute atomic E-state index is 12.2. The van der Waals surface area contributed by atoms with E-state index in [-0.39, 0.29) is 30.0 Å². The molecule has 7 nitrogen and oxygen atoms in total. The highest BCUT2D eigenvalue weighted by Gasteiger charge is 2.42. The number of rotatable bonds is 4. The molecule has 1 saturated heterocycles. The second kappa shape index (κ2) is 5.92. The summed E-state index contributed by atoms with van der Waals surface area (Å²) < 4.78 is 5.36. The minimum Gasteiger partial charge on any atom is -0.477 e. The van der Waals surface area contributed by atoms with Gasteiger partial charge < -0.3 is 15.4 Å². The number of para-hydroxylation sites is 2. The number of amides is 1. The molecule has 118 valence electrons. The molecule has 22 heavy (non-hydrogen) atoms. The van der Waals surface area contributed by atoms with Crippen LogP contribution >= 0.6 is 0 Å². The lowest BCUT2D eigenvalue weighted by Gasteiger charge is -2.18. The van der Waals surface area contributed by atoms with Gasteiger partial charge in [0.2, 0.25) is 0 Å². The normalized spacial score (nSPS) is 26.8. The van der Waals surface area contributed by atoms with Gasteiger partial charge in [-0.15, -0.1) is 0 Å². The van der Waals surface area contributed by atoms with E-state index in [9.17, 15) is 14.9 Å². The third kappa shape index (κ3) is 2.76. The second-order valence-electron chi connectivity index (χ2n) is 5.98. The van der Waals surface area contributed by atoms with Crippen LogP contribution in [-0.2, 0) is 4.79 Å². The SMILES string of the molecule is NC1CCC2CN(C(=O)COc3ccccc3[N+](=O)[O-])CC12. The average Bonchev–Trinajstić information content (AvgIpc) is 3.07. The van der Waals surface area contributed by atoms with Crippen LogP contribution in [0.4, 0.5) is 5.69 Å². The van der Waals surface area contributed by atoms with Crippen molar-refractivity contribution in [3.8, 4) is 5.75 Å². The van der Waals surface area contributed by atoms with Crippen LogP contribution in [0.15, 0.2) is 24.3 Å². The summed E-state index contributed by atoms with van der Waals surface area (Å²) >= 11 is 0. The van der Waals surface area contributed by atoms with Gasteiger partial charge >= 0.3 is 5.69 Å². The molecule has 1 aliphatic heterocycles. The first-order valence-electron chi connectivity index (χ1n) is 7.46. The van der Waals surface area contributed by atoms with Gasteiger partial charge in [-0.3, -0.25) is 14.9 Å². The first-order valence-corrected chi connectivity index (χ1v) is 7.46. The van der Waals surface area contributed by atoms with Crippen molar-refractivity contribution >= 4 is 11.6 Å². The van der Waals surface area contributed by atoms with E-state index in [2.05, 4.69) is 0 Å². The van der Waals surface area contributed by atoms with Crippen molar-refractivity contribution in [3.63, 3.8) is 0 Å². The zero-order valence-electron chi connectivity index (χ0n) is 12.2. The van der Waals surface area contributed by atoms with Crippen molar-refractivity contribution < 1.29 is 14.5 Å². The Kier molecular flexibility index (Phi) is 3.98. The van der Waals surface area contributed by atoms with Gasteiger partial charge in [0.1, 0.15) is 0 Å². The van der Waals surface area contributed by atoms with Crippen molar-refractivity contribution in [2.24, 2.45) is 17.6 Å². The Morgan fingerprint density at radius 1 is 1.36 bits per heavy atom. The van der Waals surface area contributed by atoms with Crippen molar-refractivity contribution in [1.82, 2.24) is 4.90 Å². The summed E-state index contributed by atoms with van der Waals surface area (Å²) in [6, 6.07) is 6.25. The van der Waals surface area contributed by atoms with Gasteiger partial charge in [-0.2, -0.15) is 0 Å². The fraction of sp³-hybridized carbons (Fsp3) is 0.533. The molecule has 2 N–H and O–H groups in total. The van der Waals surface area contributed by atoms with Gasteiger partial charge in [0.25, 0.3) is 5.91 Å². The number of nitro benzene ring substituents is 1. The largest absolute Gasteiger partial charge is 0.477 e. The number of carbonyl (C=O) groups excluding carboxylic acids is 1. The quantitative estimate of drug-likeness (QED) is 0.665. The molecule has 2 fully saturated rings. The van der Waals surface area contributed by atoms with E-state index in [0.29, 0.717) is 18.4 Å². The summed E-state index contributed by atoms with van der Waals surface area (Å²) in [4.78, 5) is 24.4. The summed E-state index contributed by atoms with van der Waals surface area (Å²) in [6.45, 7) is 1.21. The van der Waals surface area contributed by atoms with E-state index in [1.165, 1.54) is 12.1 Å². The highest BCUT2D eigenvalue weighted by Crippen LogP contribution is 2.37. The van der Waals surface area contributed by atoms with Crippen LogP contribution in [0.5, 0.6) is 5.75 Å². The lowest BCUT2D eigenvalue weighted by Crippen LogP contribution is -2.36. The topological polar surface area (TPSA) is 98.7 Å². The third-order valence-electron chi connectivity index (χ3n) is 4.68. The third-order valence-corrected chi connectivity index (χ3v) is 4.68. The summed E-state index contributed by atoms with van der Waals surface area (Å²) in [6.07, 6.45) is 2.10. The number of likely N-dealkylation sites (tertiary alicyclic amines) is 1. The van der Waals surface area contributed by atoms with Gasteiger partial charge in [-0.05, 0) is 30.7 Å². The number of ether oxygens (including phenoxy) is 1. The van der Waals surface area contributed by atoms with Crippen molar-refractivity contribution in [2.45, 2.75) is 18.9 Å². The van der Waals surface area contributed by atoms with Crippen LogP contribution in [0, 0.1) is 22.0 Å². The molecule has 2 aliphatic rings. The molecule has 1 heterocycles. The maximum Gasteiger partial charge on any atom is 0.310 e. The Bertz CT molecular complexity index is 592. The molecule has 3 unspecified atom stereocenters. The predicted octanol–water partition coefficient (Wildman–Crippen LogP) is 1.17. The van der Waals surface area contributed by atoms with E-state index in [0.717, 1.165) is 19.4 Å². The van der Waals surface area contributed by atoms with Crippen molar-refractivity contribution in [3.05, 3.63) is 34.4 Å². The zero-order valence-corrected chi connectivity index (χ0v) is 12.2. The average molecular weight is 305 g/mol. The number of fused-ring (bicyclic) bond motifs is 1. The summed E-state index contributed by atoms with van der Waals surface area (Å²) in [5.74, 6) is 0.858. The van der Waals surface area contributed by atoms with E-state index < -0.39 is 4.92 Å². The summed E-state index contributed by atoms with van der Waals surface area (Å²) in [7, 11) is 0. The number of hydrogen-bond acceptors (Lipinski definition) is 5. The van der Waals surface area contributed by atoms with Gasteiger partial charge in [-0.1, -0.05) is 12.1 Å². The maximum atomic E-state index is 12.2. The zero-order chi connectivity index (χ0) is 15.7. The van der Waals surface area contributed by atoms with Crippen LogP contribution in [0.1, 0.15) is 12.8 Å². The van der Waals surface area contributed by atoms with E-state index in [1.807, 2.05) is 0 Å². The Balaban J connectivity index is 1.59. The fourth-order valence-corrected chi connectivity index (χ4v) is 3.47. The molecule has 3 rings (SSSR count). The minimum atomic E-state index is -0.515. The monoisotopic (exact) mass is 305 g/mol. The molecule has 0 aromatic heterocycles. The molecule has 1 saturated carbocycles. The molecular formula is C15H19N3O4. The highest BCUT2D eigenvalue weighted by atomic mass is 16.6. The molecule has 1 aliphatic carbocycles. The Morgan fingerprint density at radius 3 is 2.86 bits per heavy atom.